The van der Waals surface area contributed by atoms with Crippen molar-refractivity contribution in [3.05, 3.63) is 64.7 Å². The van der Waals surface area contributed by atoms with Gasteiger partial charge in [-0.05, 0) is 30.7 Å². The largest absolute Gasteiger partial charge is 0.346 e. The first-order valence-electron chi connectivity index (χ1n) is 5.74. The number of nitrogens with zero attached hydrogens (tertiary/aromatic N) is 1. The van der Waals surface area contributed by atoms with Crippen LogP contribution in [0.25, 0.3) is 0 Å². The third-order valence-corrected chi connectivity index (χ3v) is 2.96. The fraction of sp³-hybridized carbons (Fsp3) is 0.143. The van der Waals surface area contributed by atoms with Crippen molar-refractivity contribution in [2.24, 2.45) is 0 Å². The first-order chi connectivity index (χ1) is 9.06. The summed E-state index contributed by atoms with van der Waals surface area (Å²) >= 11 is 5.80. The molecule has 0 spiro atoms. The van der Waals surface area contributed by atoms with Crippen molar-refractivity contribution in [2.45, 2.75) is 13.0 Å². The van der Waals surface area contributed by atoms with Gasteiger partial charge in [-0.2, -0.15) is 4.39 Å². The monoisotopic (exact) mass is 278 g/mol. The second-order valence-electron chi connectivity index (χ2n) is 4.11. The first-order valence-corrected chi connectivity index (χ1v) is 6.12. The molecule has 1 aromatic carbocycles. The molecule has 3 nitrogen and oxygen atoms in total. The zero-order valence-corrected chi connectivity index (χ0v) is 11.0. The van der Waals surface area contributed by atoms with Gasteiger partial charge in [0.05, 0.1) is 6.04 Å². The number of amides is 1. The molecule has 1 unspecified atom stereocenters. The predicted molar refractivity (Wildman–Crippen MR) is 71.5 cm³/mol. The van der Waals surface area contributed by atoms with Gasteiger partial charge >= 0.3 is 0 Å². The number of benzene rings is 1. The average molecular weight is 279 g/mol. The summed E-state index contributed by atoms with van der Waals surface area (Å²) in [6, 6.07) is 9.55. The molecule has 0 saturated heterocycles. The van der Waals surface area contributed by atoms with Crippen LogP contribution in [0.5, 0.6) is 0 Å². The van der Waals surface area contributed by atoms with Crippen molar-refractivity contribution in [3.8, 4) is 0 Å². The van der Waals surface area contributed by atoms with E-state index in [4.69, 9.17) is 11.6 Å². The summed E-state index contributed by atoms with van der Waals surface area (Å²) in [7, 11) is 0. The van der Waals surface area contributed by atoms with Gasteiger partial charge in [0.2, 0.25) is 5.95 Å². The maximum Gasteiger partial charge on any atom is 0.251 e. The number of pyridine rings is 1. The summed E-state index contributed by atoms with van der Waals surface area (Å²) in [6.45, 7) is 1.85. The molecule has 5 heteroatoms. The Bertz CT molecular complexity index is 586. The third kappa shape index (κ3) is 3.51. The summed E-state index contributed by atoms with van der Waals surface area (Å²) in [5.41, 5.74) is 1.17. The molecule has 0 aliphatic heterocycles. The van der Waals surface area contributed by atoms with Crippen LogP contribution in [0.1, 0.15) is 28.9 Å². The van der Waals surface area contributed by atoms with Crippen molar-refractivity contribution in [3.63, 3.8) is 0 Å². The Morgan fingerprint density at radius 2 is 2.00 bits per heavy atom. The minimum atomic E-state index is -0.674. The molecule has 98 valence electrons. The Kier molecular flexibility index (Phi) is 4.12. The van der Waals surface area contributed by atoms with E-state index in [2.05, 4.69) is 10.3 Å². The Morgan fingerprint density at radius 1 is 1.32 bits per heavy atom. The molecule has 0 bridgehead atoms. The molecule has 0 aliphatic rings. The molecule has 2 aromatic rings. The third-order valence-electron chi connectivity index (χ3n) is 2.71. The van der Waals surface area contributed by atoms with Crippen LogP contribution in [-0.2, 0) is 0 Å². The van der Waals surface area contributed by atoms with Crippen molar-refractivity contribution >= 4 is 17.5 Å². The first kappa shape index (κ1) is 13.5. The highest BCUT2D eigenvalue weighted by Crippen LogP contribution is 2.16. The van der Waals surface area contributed by atoms with Crippen LogP contribution >= 0.6 is 11.6 Å². The van der Waals surface area contributed by atoms with Crippen LogP contribution < -0.4 is 5.32 Å². The fourth-order valence-corrected chi connectivity index (χ4v) is 1.78. The normalized spacial score (nSPS) is 11.9. The number of carbonyl (C=O) groups is 1. The minimum Gasteiger partial charge on any atom is -0.346 e. The van der Waals surface area contributed by atoms with Crippen molar-refractivity contribution < 1.29 is 9.18 Å². The SMILES string of the molecule is CC(NC(=O)c1ccnc(F)c1)c1ccc(Cl)cc1. The number of halogens is 2. The van der Waals surface area contributed by atoms with Gasteiger partial charge in [-0.25, -0.2) is 4.98 Å². The lowest BCUT2D eigenvalue weighted by atomic mass is 10.1. The van der Waals surface area contributed by atoms with E-state index in [0.29, 0.717) is 5.02 Å². The molecular formula is C14H12ClFN2O. The fourth-order valence-electron chi connectivity index (χ4n) is 1.66. The molecular weight excluding hydrogens is 267 g/mol. The number of carbonyl (C=O) groups excluding carboxylic acids is 1. The van der Waals surface area contributed by atoms with Gasteiger partial charge in [-0.3, -0.25) is 4.79 Å². The van der Waals surface area contributed by atoms with E-state index < -0.39 is 5.95 Å². The van der Waals surface area contributed by atoms with Crippen LogP contribution in [-0.4, -0.2) is 10.9 Å². The number of nitrogens with one attached hydrogen (secondary N) is 1. The quantitative estimate of drug-likeness (QED) is 0.875. The van der Waals surface area contributed by atoms with E-state index in [1.807, 2.05) is 19.1 Å². The highest BCUT2D eigenvalue weighted by atomic mass is 35.5. The van der Waals surface area contributed by atoms with Gasteiger partial charge < -0.3 is 5.32 Å². The van der Waals surface area contributed by atoms with Gasteiger partial charge in [0.1, 0.15) is 0 Å². The summed E-state index contributed by atoms with van der Waals surface area (Å²) in [6.07, 6.45) is 1.26. The molecule has 1 N–H and O–H groups in total. The van der Waals surface area contributed by atoms with Gasteiger partial charge in [-0.15, -0.1) is 0 Å². The standard InChI is InChI=1S/C14H12ClFN2O/c1-9(10-2-4-12(15)5-3-10)18-14(19)11-6-7-17-13(16)8-11/h2-9H,1H3,(H,18,19). The number of hydrogen-bond donors (Lipinski definition) is 1. The van der Waals surface area contributed by atoms with Gasteiger partial charge in [0.15, 0.2) is 0 Å². The maximum absolute atomic E-state index is 12.9. The maximum atomic E-state index is 12.9. The topological polar surface area (TPSA) is 42.0 Å². The molecule has 1 heterocycles. The zero-order valence-electron chi connectivity index (χ0n) is 10.2. The molecule has 0 saturated carbocycles. The van der Waals surface area contributed by atoms with E-state index in [1.54, 1.807) is 12.1 Å². The smallest absolute Gasteiger partial charge is 0.251 e. The van der Waals surface area contributed by atoms with Crippen LogP contribution in [0.15, 0.2) is 42.6 Å². The van der Waals surface area contributed by atoms with Crippen LogP contribution in [0.4, 0.5) is 4.39 Å². The van der Waals surface area contributed by atoms with E-state index in [1.165, 1.54) is 12.3 Å². The van der Waals surface area contributed by atoms with Gasteiger partial charge in [0.25, 0.3) is 5.91 Å². The Morgan fingerprint density at radius 3 is 2.63 bits per heavy atom. The van der Waals surface area contributed by atoms with Crippen molar-refractivity contribution in [2.75, 3.05) is 0 Å². The lowest BCUT2D eigenvalue weighted by Gasteiger charge is -2.14. The Labute approximate surface area is 115 Å². The van der Waals surface area contributed by atoms with E-state index in [-0.39, 0.29) is 17.5 Å². The Balaban J connectivity index is 2.08. The lowest BCUT2D eigenvalue weighted by Crippen LogP contribution is -2.26. The van der Waals surface area contributed by atoms with Crippen LogP contribution in [0.2, 0.25) is 5.02 Å². The molecule has 0 aliphatic carbocycles. The van der Waals surface area contributed by atoms with Gasteiger partial charge in [0, 0.05) is 22.8 Å². The second kappa shape index (κ2) is 5.80. The molecule has 0 radical (unpaired) electrons. The van der Waals surface area contributed by atoms with Crippen molar-refractivity contribution in [1.29, 1.82) is 0 Å². The molecule has 19 heavy (non-hydrogen) atoms. The molecule has 1 aromatic heterocycles. The van der Waals surface area contributed by atoms with Crippen LogP contribution in [0.3, 0.4) is 0 Å². The van der Waals surface area contributed by atoms with Gasteiger partial charge in [-0.1, -0.05) is 23.7 Å². The number of hydrogen-bond acceptors (Lipinski definition) is 2. The Hall–Kier alpha value is -1.94. The summed E-state index contributed by atoms with van der Waals surface area (Å²) in [5.74, 6) is -1.02. The van der Waals surface area contributed by atoms with Crippen molar-refractivity contribution in [1.82, 2.24) is 10.3 Å². The lowest BCUT2D eigenvalue weighted by molar-refractivity contribution is 0.0939. The molecule has 1 atom stereocenters. The summed E-state index contributed by atoms with van der Waals surface area (Å²) < 4.78 is 12.9. The van der Waals surface area contributed by atoms with E-state index >= 15 is 0 Å². The highest BCUT2D eigenvalue weighted by Gasteiger charge is 2.12. The number of aromatic nitrogens is 1. The zero-order chi connectivity index (χ0) is 13.8. The highest BCUT2D eigenvalue weighted by molar-refractivity contribution is 6.30. The van der Waals surface area contributed by atoms with E-state index in [0.717, 1.165) is 11.6 Å². The van der Waals surface area contributed by atoms with E-state index in [9.17, 15) is 9.18 Å². The number of rotatable bonds is 3. The average Bonchev–Trinajstić information content (AvgIpc) is 2.39. The molecule has 0 fully saturated rings. The molecule has 1 amide bonds. The second-order valence-corrected chi connectivity index (χ2v) is 4.55. The minimum absolute atomic E-state index is 0.194. The predicted octanol–water partition coefficient (Wildman–Crippen LogP) is 3.37. The molecule has 2 rings (SSSR count). The summed E-state index contributed by atoms with van der Waals surface area (Å²) in [4.78, 5) is 15.3. The summed E-state index contributed by atoms with van der Waals surface area (Å²) in [5, 5.41) is 3.42. The van der Waals surface area contributed by atoms with Crippen LogP contribution in [0, 0.1) is 5.95 Å².